The van der Waals surface area contributed by atoms with E-state index in [0.29, 0.717) is 6.42 Å². The van der Waals surface area contributed by atoms with E-state index in [2.05, 4.69) is 13.0 Å². The summed E-state index contributed by atoms with van der Waals surface area (Å²) in [6, 6.07) is 8.03. The van der Waals surface area contributed by atoms with E-state index >= 15 is 0 Å². The lowest BCUT2D eigenvalue weighted by Gasteiger charge is -2.07. The molecule has 0 spiro atoms. The molecule has 1 nitrogen and oxygen atoms in total. The molecule has 0 N–H and O–H groups in total. The summed E-state index contributed by atoms with van der Waals surface area (Å²) >= 11 is 6.03. The Morgan fingerprint density at radius 3 is 2.85 bits per heavy atom. The fourth-order valence-corrected chi connectivity index (χ4v) is 1.75. The van der Waals surface area contributed by atoms with Gasteiger partial charge in [0.2, 0.25) is 0 Å². The van der Waals surface area contributed by atoms with Gasteiger partial charge >= 0.3 is 0 Å². The monoisotopic (exact) mass is 193 g/mol. The third kappa shape index (κ3) is 2.47. The Hall–Kier alpha value is -1.00. The summed E-state index contributed by atoms with van der Waals surface area (Å²) in [4.78, 5) is 0. The maximum absolute atomic E-state index is 8.48. The van der Waals surface area contributed by atoms with E-state index in [4.69, 9.17) is 16.9 Å². The standard InChI is InChI=1S/C11H12ClN/c1-2-10-9(6-4-8-13)5-3-7-11(10)12/h3,5,7H,2,4,6H2,1H3. The molecule has 2 heteroatoms. The quantitative estimate of drug-likeness (QED) is 0.722. The van der Waals surface area contributed by atoms with Crippen LogP contribution in [0.5, 0.6) is 0 Å². The molecule has 13 heavy (non-hydrogen) atoms. The lowest BCUT2D eigenvalue weighted by molar-refractivity contribution is 0.968. The lowest BCUT2D eigenvalue weighted by atomic mass is 10.0. The first-order chi connectivity index (χ1) is 6.29. The molecule has 0 aromatic heterocycles. The van der Waals surface area contributed by atoms with Gasteiger partial charge in [0.1, 0.15) is 0 Å². The molecule has 0 atom stereocenters. The van der Waals surface area contributed by atoms with Crippen LogP contribution in [-0.2, 0) is 12.8 Å². The van der Waals surface area contributed by atoms with Crippen molar-refractivity contribution in [2.75, 3.05) is 0 Å². The van der Waals surface area contributed by atoms with E-state index in [9.17, 15) is 0 Å². The number of rotatable bonds is 3. The molecular formula is C11H12ClN. The molecule has 0 saturated carbocycles. The minimum Gasteiger partial charge on any atom is -0.198 e. The number of aryl methyl sites for hydroxylation is 1. The first-order valence-electron chi connectivity index (χ1n) is 4.42. The van der Waals surface area contributed by atoms with Gasteiger partial charge < -0.3 is 0 Å². The van der Waals surface area contributed by atoms with Crippen molar-refractivity contribution < 1.29 is 0 Å². The third-order valence-corrected chi connectivity index (χ3v) is 2.43. The first kappa shape index (κ1) is 10.1. The number of hydrogen-bond acceptors (Lipinski definition) is 1. The van der Waals surface area contributed by atoms with Crippen LogP contribution < -0.4 is 0 Å². The van der Waals surface area contributed by atoms with Gasteiger partial charge in [-0.3, -0.25) is 0 Å². The fraction of sp³-hybridized carbons (Fsp3) is 0.364. The van der Waals surface area contributed by atoms with Gasteiger partial charge in [-0.25, -0.2) is 0 Å². The summed E-state index contributed by atoms with van der Waals surface area (Å²) < 4.78 is 0. The predicted octanol–water partition coefficient (Wildman–Crippen LogP) is 3.36. The fourth-order valence-electron chi connectivity index (χ4n) is 1.42. The third-order valence-electron chi connectivity index (χ3n) is 2.08. The zero-order valence-electron chi connectivity index (χ0n) is 7.68. The van der Waals surface area contributed by atoms with Gasteiger partial charge in [0.05, 0.1) is 6.07 Å². The van der Waals surface area contributed by atoms with Crippen molar-refractivity contribution in [2.24, 2.45) is 0 Å². The predicted molar refractivity (Wildman–Crippen MR) is 54.8 cm³/mol. The number of hydrogen-bond donors (Lipinski definition) is 0. The zero-order chi connectivity index (χ0) is 9.68. The van der Waals surface area contributed by atoms with Gasteiger partial charge in [0.25, 0.3) is 0 Å². The largest absolute Gasteiger partial charge is 0.198 e. The molecule has 1 aromatic rings. The van der Waals surface area contributed by atoms with E-state index in [0.717, 1.165) is 17.9 Å². The van der Waals surface area contributed by atoms with E-state index in [1.165, 1.54) is 11.1 Å². The van der Waals surface area contributed by atoms with Crippen molar-refractivity contribution >= 4 is 11.6 Å². The Morgan fingerprint density at radius 2 is 2.23 bits per heavy atom. The molecule has 0 aliphatic carbocycles. The van der Waals surface area contributed by atoms with Crippen LogP contribution in [0, 0.1) is 11.3 Å². The van der Waals surface area contributed by atoms with E-state index in [-0.39, 0.29) is 0 Å². The highest BCUT2D eigenvalue weighted by molar-refractivity contribution is 6.31. The molecule has 0 bridgehead atoms. The topological polar surface area (TPSA) is 23.8 Å². The van der Waals surface area contributed by atoms with Crippen molar-refractivity contribution in [3.05, 3.63) is 34.3 Å². The summed E-state index contributed by atoms with van der Waals surface area (Å²) in [7, 11) is 0. The summed E-state index contributed by atoms with van der Waals surface area (Å²) in [5.41, 5.74) is 2.39. The Morgan fingerprint density at radius 1 is 1.46 bits per heavy atom. The summed E-state index contributed by atoms with van der Waals surface area (Å²) in [6.45, 7) is 2.08. The van der Waals surface area contributed by atoms with Crippen LogP contribution in [-0.4, -0.2) is 0 Å². The van der Waals surface area contributed by atoms with Gasteiger partial charge in [0.15, 0.2) is 0 Å². The van der Waals surface area contributed by atoms with Crippen LogP contribution in [0.25, 0.3) is 0 Å². The van der Waals surface area contributed by atoms with Gasteiger partial charge in [0, 0.05) is 11.4 Å². The molecule has 0 fully saturated rings. The number of benzene rings is 1. The molecule has 0 radical (unpaired) electrons. The average molecular weight is 194 g/mol. The highest BCUT2D eigenvalue weighted by Gasteiger charge is 2.03. The highest BCUT2D eigenvalue weighted by atomic mass is 35.5. The van der Waals surface area contributed by atoms with E-state index in [1.54, 1.807) is 0 Å². The van der Waals surface area contributed by atoms with Gasteiger partial charge in [-0.1, -0.05) is 30.7 Å². The van der Waals surface area contributed by atoms with Crippen molar-refractivity contribution in [1.29, 1.82) is 5.26 Å². The molecule has 68 valence electrons. The van der Waals surface area contributed by atoms with Gasteiger partial charge in [-0.05, 0) is 30.0 Å². The molecule has 0 saturated heterocycles. The van der Waals surface area contributed by atoms with Crippen molar-refractivity contribution in [3.8, 4) is 6.07 Å². The highest BCUT2D eigenvalue weighted by Crippen LogP contribution is 2.21. The Balaban J connectivity index is 2.93. The summed E-state index contributed by atoms with van der Waals surface area (Å²) in [6.07, 6.45) is 2.30. The second-order valence-electron chi connectivity index (χ2n) is 2.89. The molecule has 1 aromatic carbocycles. The molecule has 0 heterocycles. The smallest absolute Gasteiger partial charge is 0.0625 e. The molecule has 1 rings (SSSR count). The maximum atomic E-state index is 8.48. The zero-order valence-corrected chi connectivity index (χ0v) is 8.43. The molecule has 0 amide bonds. The van der Waals surface area contributed by atoms with Crippen LogP contribution in [0.15, 0.2) is 18.2 Å². The number of nitriles is 1. The Labute approximate surface area is 84.0 Å². The van der Waals surface area contributed by atoms with Gasteiger partial charge in [-0.2, -0.15) is 5.26 Å². The number of halogens is 1. The van der Waals surface area contributed by atoms with Crippen molar-refractivity contribution in [3.63, 3.8) is 0 Å². The molecule has 0 aliphatic rings. The lowest BCUT2D eigenvalue weighted by Crippen LogP contribution is -1.93. The maximum Gasteiger partial charge on any atom is 0.0625 e. The first-order valence-corrected chi connectivity index (χ1v) is 4.80. The van der Waals surface area contributed by atoms with E-state index in [1.807, 2.05) is 18.2 Å². The van der Waals surface area contributed by atoms with Crippen LogP contribution in [0.3, 0.4) is 0 Å². The van der Waals surface area contributed by atoms with Crippen molar-refractivity contribution in [1.82, 2.24) is 0 Å². The van der Waals surface area contributed by atoms with Crippen molar-refractivity contribution in [2.45, 2.75) is 26.2 Å². The van der Waals surface area contributed by atoms with Crippen LogP contribution in [0.4, 0.5) is 0 Å². The van der Waals surface area contributed by atoms with Crippen LogP contribution in [0.2, 0.25) is 5.02 Å². The average Bonchev–Trinajstić information content (AvgIpc) is 2.15. The van der Waals surface area contributed by atoms with Gasteiger partial charge in [-0.15, -0.1) is 0 Å². The SMILES string of the molecule is CCc1c(Cl)cccc1CCC#N. The molecular weight excluding hydrogens is 182 g/mol. The molecule has 0 aliphatic heterocycles. The number of nitrogens with zero attached hydrogens (tertiary/aromatic N) is 1. The summed E-state index contributed by atoms with van der Waals surface area (Å²) in [5, 5.41) is 9.30. The second kappa shape index (κ2) is 4.89. The Kier molecular flexibility index (Phi) is 3.79. The van der Waals surface area contributed by atoms with Crippen LogP contribution in [0.1, 0.15) is 24.5 Å². The Bertz CT molecular complexity index is 325. The van der Waals surface area contributed by atoms with Crippen LogP contribution >= 0.6 is 11.6 Å². The minimum atomic E-state index is 0.563. The molecule has 0 unspecified atom stereocenters. The summed E-state index contributed by atoms with van der Waals surface area (Å²) in [5.74, 6) is 0. The minimum absolute atomic E-state index is 0.563. The second-order valence-corrected chi connectivity index (χ2v) is 3.30. The normalized spacial score (nSPS) is 9.62. The van der Waals surface area contributed by atoms with E-state index < -0.39 is 0 Å².